The number of rotatable bonds is 3. The van der Waals surface area contributed by atoms with E-state index in [1.54, 1.807) is 0 Å². The highest BCUT2D eigenvalue weighted by atomic mass is 19.4. The van der Waals surface area contributed by atoms with E-state index in [1.165, 1.54) is 0 Å². The molecule has 2 aromatic carbocycles. The number of halogens is 6. The maximum Gasteiger partial charge on any atom is 0.416 e. The molecule has 12 heteroatoms. The van der Waals surface area contributed by atoms with Crippen molar-refractivity contribution in [2.75, 3.05) is 11.9 Å². The molecule has 0 atom stereocenters. The fraction of sp³-hybridized carbons (Fsp3) is 0.292. The van der Waals surface area contributed by atoms with E-state index in [4.69, 9.17) is 0 Å². The van der Waals surface area contributed by atoms with Gasteiger partial charge in [0.15, 0.2) is 0 Å². The fourth-order valence-corrected chi connectivity index (χ4v) is 3.86. The Hall–Kier alpha value is -3.83. The molecular formula is C24H20F6N4O2. The molecule has 36 heavy (non-hydrogen) atoms. The number of benzene rings is 2. The third-order valence-electron chi connectivity index (χ3n) is 5.83. The molecule has 2 N–H and O–H groups in total. The summed E-state index contributed by atoms with van der Waals surface area (Å²) in [5, 5.41) is 2.09. The molecule has 0 saturated heterocycles. The van der Waals surface area contributed by atoms with Gasteiger partial charge in [-0.05, 0) is 30.2 Å². The molecule has 1 aromatic heterocycles. The molecule has 1 aliphatic heterocycles. The minimum Gasteiger partial charge on any atom is -0.320 e. The smallest absolute Gasteiger partial charge is 0.320 e. The fourth-order valence-electron chi connectivity index (χ4n) is 3.86. The number of amides is 2. The number of aromatic amines is 1. The monoisotopic (exact) mass is 510 g/mol. The summed E-state index contributed by atoms with van der Waals surface area (Å²) in [7, 11) is 0. The lowest BCUT2D eigenvalue weighted by Crippen LogP contribution is -2.41. The summed E-state index contributed by atoms with van der Waals surface area (Å²) < 4.78 is 78.6. The van der Waals surface area contributed by atoms with E-state index in [9.17, 15) is 35.9 Å². The van der Waals surface area contributed by atoms with Crippen LogP contribution in [0.3, 0.4) is 0 Å². The predicted molar refractivity (Wildman–Crippen MR) is 119 cm³/mol. The number of urea groups is 1. The van der Waals surface area contributed by atoms with Crippen LogP contribution in [0.2, 0.25) is 0 Å². The number of H-pyrrole nitrogens is 1. The van der Waals surface area contributed by atoms with Gasteiger partial charge in [0.1, 0.15) is 5.82 Å². The van der Waals surface area contributed by atoms with Crippen LogP contribution in [0.4, 0.5) is 36.8 Å². The van der Waals surface area contributed by atoms with Crippen LogP contribution in [0.5, 0.6) is 0 Å². The molecule has 0 unspecified atom stereocenters. The summed E-state index contributed by atoms with van der Waals surface area (Å²) in [5.74, 6) is 0.364. The minimum absolute atomic E-state index is 0.0224. The normalized spacial score (nSPS) is 13.9. The van der Waals surface area contributed by atoms with Gasteiger partial charge in [0.25, 0.3) is 5.56 Å². The van der Waals surface area contributed by atoms with Gasteiger partial charge in [-0.3, -0.25) is 4.79 Å². The van der Waals surface area contributed by atoms with E-state index in [0.29, 0.717) is 29.2 Å². The third kappa shape index (κ3) is 5.37. The Balaban J connectivity index is 1.55. The Morgan fingerprint density at radius 3 is 2.19 bits per heavy atom. The van der Waals surface area contributed by atoms with Crippen molar-refractivity contribution in [1.82, 2.24) is 14.9 Å². The van der Waals surface area contributed by atoms with Gasteiger partial charge in [0.05, 0.1) is 28.9 Å². The van der Waals surface area contributed by atoms with Gasteiger partial charge in [0, 0.05) is 24.2 Å². The molecule has 2 amide bonds. The third-order valence-corrected chi connectivity index (χ3v) is 5.83. The Kier molecular flexibility index (Phi) is 6.54. The number of nitrogens with one attached hydrogen (secondary N) is 2. The minimum atomic E-state index is -5.04. The van der Waals surface area contributed by atoms with Crippen molar-refractivity contribution in [3.05, 3.63) is 80.8 Å². The van der Waals surface area contributed by atoms with Crippen LogP contribution in [0.15, 0.2) is 47.3 Å². The standard InChI is InChI=1S/C24H20F6N4O2/c1-2-13-3-5-14(6-4-13)20-32-19-7-8-34(12-18(19)21(35)33-20)22(36)31-17-10-15(23(25,26)27)9-16(11-17)24(28,29)30/h3-6,9-11H,2,7-8,12H2,1H3,(H,31,36)(H,32,33,35). The number of carbonyl (C=O) groups is 1. The Labute approximate surface area is 201 Å². The number of hydrogen-bond donors (Lipinski definition) is 2. The van der Waals surface area contributed by atoms with E-state index in [-0.39, 0.29) is 31.1 Å². The van der Waals surface area contributed by atoms with E-state index in [2.05, 4.69) is 15.3 Å². The molecule has 0 spiro atoms. The molecule has 190 valence electrons. The second kappa shape index (κ2) is 9.32. The number of aromatic nitrogens is 2. The average Bonchev–Trinajstić information content (AvgIpc) is 2.82. The van der Waals surface area contributed by atoms with Crippen molar-refractivity contribution in [2.45, 2.75) is 38.7 Å². The van der Waals surface area contributed by atoms with Gasteiger partial charge < -0.3 is 15.2 Å². The van der Waals surface area contributed by atoms with Crippen molar-refractivity contribution in [3.8, 4) is 11.4 Å². The van der Waals surface area contributed by atoms with Crippen LogP contribution in [0, 0.1) is 0 Å². The Morgan fingerprint density at radius 2 is 1.64 bits per heavy atom. The summed E-state index contributed by atoms with van der Waals surface area (Å²) in [5.41, 5.74) is -1.74. The topological polar surface area (TPSA) is 78.1 Å². The number of hydrogen-bond acceptors (Lipinski definition) is 3. The lowest BCUT2D eigenvalue weighted by molar-refractivity contribution is -0.143. The van der Waals surface area contributed by atoms with Crippen molar-refractivity contribution in [1.29, 1.82) is 0 Å². The zero-order valence-electron chi connectivity index (χ0n) is 18.8. The van der Waals surface area contributed by atoms with E-state index in [0.717, 1.165) is 16.9 Å². The molecule has 2 heterocycles. The number of nitrogens with zero attached hydrogens (tertiary/aromatic N) is 2. The Bertz CT molecular complexity index is 1310. The molecular weight excluding hydrogens is 490 g/mol. The van der Waals surface area contributed by atoms with Gasteiger partial charge in [-0.15, -0.1) is 0 Å². The van der Waals surface area contributed by atoms with Gasteiger partial charge in [-0.2, -0.15) is 26.3 Å². The number of fused-ring (bicyclic) bond motifs is 1. The zero-order chi connectivity index (χ0) is 26.3. The second-order valence-electron chi connectivity index (χ2n) is 8.29. The summed E-state index contributed by atoms with van der Waals surface area (Å²) in [4.78, 5) is 33.7. The van der Waals surface area contributed by atoms with Crippen LogP contribution >= 0.6 is 0 Å². The van der Waals surface area contributed by atoms with Crippen molar-refractivity contribution < 1.29 is 31.1 Å². The maximum atomic E-state index is 13.1. The van der Waals surface area contributed by atoms with Crippen LogP contribution in [-0.2, 0) is 31.7 Å². The highest BCUT2D eigenvalue weighted by Gasteiger charge is 2.37. The summed E-state index contributed by atoms with van der Waals surface area (Å²) in [6.45, 7) is 1.87. The van der Waals surface area contributed by atoms with Gasteiger partial charge >= 0.3 is 18.4 Å². The zero-order valence-corrected chi connectivity index (χ0v) is 18.8. The van der Waals surface area contributed by atoms with Crippen molar-refractivity contribution in [2.24, 2.45) is 0 Å². The quantitative estimate of drug-likeness (QED) is 0.449. The lowest BCUT2D eigenvalue weighted by atomic mass is 10.1. The highest BCUT2D eigenvalue weighted by Crippen LogP contribution is 2.37. The van der Waals surface area contributed by atoms with Gasteiger partial charge in [-0.25, -0.2) is 9.78 Å². The lowest BCUT2D eigenvalue weighted by Gasteiger charge is -2.28. The number of alkyl halides is 6. The van der Waals surface area contributed by atoms with Crippen LogP contribution in [0.25, 0.3) is 11.4 Å². The van der Waals surface area contributed by atoms with Gasteiger partial charge in [0.2, 0.25) is 0 Å². The summed E-state index contributed by atoms with van der Waals surface area (Å²) in [6, 6.07) is 7.38. The largest absolute Gasteiger partial charge is 0.416 e. The first kappa shape index (κ1) is 25.3. The van der Waals surface area contributed by atoms with Crippen LogP contribution in [0.1, 0.15) is 34.9 Å². The van der Waals surface area contributed by atoms with Crippen LogP contribution in [-0.4, -0.2) is 27.4 Å². The molecule has 4 rings (SSSR count). The first-order chi connectivity index (χ1) is 16.8. The van der Waals surface area contributed by atoms with Gasteiger partial charge in [-0.1, -0.05) is 31.2 Å². The first-order valence-corrected chi connectivity index (χ1v) is 10.9. The maximum absolute atomic E-state index is 13.1. The molecule has 0 saturated carbocycles. The molecule has 6 nitrogen and oxygen atoms in total. The first-order valence-electron chi connectivity index (χ1n) is 10.9. The van der Waals surface area contributed by atoms with E-state index in [1.807, 2.05) is 31.2 Å². The number of anilines is 1. The summed E-state index contributed by atoms with van der Waals surface area (Å²) in [6.07, 6.45) is -9.05. The average molecular weight is 510 g/mol. The molecule has 3 aromatic rings. The van der Waals surface area contributed by atoms with E-state index < -0.39 is 40.8 Å². The number of carbonyl (C=O) groups excluding carboxylic acids is 1. The van der Waals surface area contributed by atoms with Crippen molar-refractivity contribution >= 4 is 11.7 Å². The highest BCUT2D eigenvalue weighted by molar-refractivity contribution is 5.89. The second-order valence-corrected chi connectivity index (χ2v) is 8.29. The molecule has 0 radical (unpaired) electrons. The molecule has 0 aliphatic carbocycles. The van der Waals surface area contributed by atoms with E-state index >= 15 is 0 Å². The van der Waals surface area contributed by atoms with Crippen LogP contribution < -0.4 is 10.9 Å². The van der Waals surface area contributed by atoms with Crippen molar-refractivity contribution in [3.63, 3.8) is 0 Å². The predicted octanol–water partition coefficient (Wildman–Crippen LogP) is 5.63. The molecule has 1 aliphatic rings. The molecule has 0 fully saturated rings. The number of aryl methyl sites for hydroxylation is 1. The molecule has 0 bridgehead atoms. The Morgan fingerprint density at radius 1 is 1.03 bits per heavy atom. The summed E-state index contributed by atoms with van der Waals surface area (Å²) >= 11 is 0. The SMILES string of the molecule is CCc1ccc(-c2nc3c(c(=O)[nH]2)CN(C(=O)Nc2cc(C(F)(F)F)cc(C(F)(F)F)c2)CC3)cc1.